The number of nitrogens with one attached hydrogen (secondary N) is 1. The average molecular weight is 203 g/mol. The number of anilines is 2. The Hall–Kier alpha value is -1.84. The Balaban J connectivity index is 2.26. The summed E-state index contributed by atoms with van der Waals surface area (Å²) in [6.07, 6.45) is 0.424. The Morgan fingerprint density at radius 3 is 2.47 bits per heavy atom. The van der Waals surface area contributed by atoms with Crippen molar-refractivity contribution in [3.63, 3.8) is 0 Å². The first-order valence-electron chi connectivity index (χ1n) is 4.85. The van der Waals surface area contributed by atoms with Gasteiger partial charge in [0, 0.05) is 18.4 Å². The molecule has 1 amide bonds. The molecule has 1 aliphatic rings. The van der Waals surface area contributed by atoms with E-state index in [0.29, 0.717) is 6.42 Å². The number of amides is 1. The van der Waals surface area contributed by atoms with Crippen molar-refractivity contribution in [2.45, 2.75) is 13.3 Å². The molecule has 0 aliphatic carbocycles. The fourth-order valence-corrected chi connectivity index (χ4v) is 1.53. The van der Waals surface area contributed by atoms with E-state index in [1.165, 1.54) is 5.01 Å². The molecule has 0 saturated heterocycles. The molecule has 1 aromatic carbocycles. The molecule has 0 unspecified atom stereocenters. The van der Waals surface area contributed by atoms with Crippen molar-refractivity contribution in [2.24, 2.45) is 5.10 Å². The van der Waals surface area contributed by atoms with Crippen LogP contribution in [-0.4, -0.2) is 18.7 Å². The van der Waals surface area contributed by atoms with Crippen molar-refractivity contribution >= 4 is 23.0 Å². The maximum Gasteiger partial charge on any atom is 0.253 e. The number of hydrogen-bond donors (Lipinski definition) is 1. The van der Waals surface area contributed by atoms with Crippen LogP contribution in [0.3, 0.4) is 0 Å². The second-order valence-electron chi connectivity index (χ2n) is 3.51. The van der Waals surface area contributed by atoms with Crippen LogP contribution in [0.15, 0.2) is 29.4 Å². The van der Waals surface area contributed by atoms with Crippen molar-refractivity contribution in [1.82, 2.24) is 0 Å². The maximum atomic E-state index is 11.5. The summed E-state index contributed by atoms with van der Waals surface area (Å²) in [5.74, 6) is 0.0321. The molecule has 1 aromatic rings. The van der Waals surface area contributed by atoms with Gasteiger partial charge in [0.25, 0.3) is 5.91 Å². The van der Waals surface area contributed by atoms with Crippen LogP contribution in [0.4, 0.5) is 11.4 Å². The molecular formula is C11H13N3O. The van der Waals surface area contributed by atoms with E-state index in [-0.39, 0.29) is 5.91 Å². The minimum atomic E-state index is 0.0321. The monoisotopic (exact) mass is 203 g/mol. The van der Waals surface area contributed by atoms with Crippen molar-refractivity contribution in [3.8, 4) is 0 Å². The van der Waals surface area contributed by atoms with E-state index in [1.54, 1.807) is 0 Å². The number of benzene rings is 1. The van der Waals surface area contributed by atoms with Gasteiger partial charge in [0.1, 0.15) is 0 Å². The van der Waals surface area contributed by atoms with Crippen LogP contribution in [0, 0.1) is 0 Å². The molecule has 0 aromatic heterocycles. The topological polar surface area (TPSA) is 44.7 Å². The van der Waals surface area contributed by atoms with Crippen LogP contribution in [0.5, 0.6) is 0 Å². The van der Waals surface area contributed by atoms with E-state index >= 15 is 0 Å². The van der Waals surface area contributed by atoms with Crippen LogP contribution in [0.1, 0.15) is 13.3 Å². The Bertz CT molecular complexity index is 408. The predicted octanol–water partition coefficient (Wildman–Crippen LogP) is 1.84. The van der Waals surface area contributed by atoms with Crippen molar-refractivity contribution in [3.05, 3.63) is 24.3 Å². The first kappa shape index (κ1) is 9.71. The van der Waals surface area contributed by atoms with Crippen LogP contribution >= 0.6 is 0 Å². The highest BCUT2D eigenvalue weighted by Gasteiger charge is 2.22. The fraction of sp³-hybridized carbons (Fsp3) is 0.273. The van der Waals surface area contributed by atoms with Crippen molar-refractivity contribution in [1.29, 1.82) is 0 Å². The van der Waals surface area contributed by atoms with E-state index < -0.39 is 0 Å². The lowest BCUT2D eigenvalue weighted by Gasteiger charge is -2.11. The van der Waals surface area contributed by atoms with Gasteiger partial charge >= 0.3 is 0 Å². The molecule has 2 rings (SSSR count). The number of carbonyl (C=O) groups is 1. The molecule has 4 heteroatoms. The maximum absolute atomic E-state index is 11.5. The quantitative estimate of drug-likeness (QED) is 0.797. The van der Waals surface area contributed by atoms with Crippen LogP contribution in [0.2, 0.25) is 0 Å². The molecule has 4 nitrogen and oxygen atoms in total. The average Bonchev–Trinajstić information content (AvgIpc) is 2.58. The minimum Gasteiger partial charge on any atom is -0.388 e. The Labute approximate surface area is 88.6 Å². The van der Waals surface area contributed by atoms with Gasteiger partial charge < -0.3 is 5.32 Å². The lowest BCUT2D eigenvalue weighted by molar-refractivity contribution is -0.116. The lowest BCUT2D eigenvalue weighted by atomic mass is 10.2. The van der Waals surface area contributed by atoms with E-state index in [1.807, 2.05) is 38.2 Å². The lowest BCUT2D eigenvalue weighted by Crippen LogP contribution is -2.19. The molecule has 15 heavy (non-hydrogen) atoms. The van der Waals surface area contributed by atoms with E-state index in [4.69, 9.17) is 0 Å². The molecule has 0 saturated carbocycles. The Kier molecular flexibility index (Phi) is 2.41. The van der Waals surface area contributed by atoms with Gasteiger partial charge in [-0.15, -0.1) is 0 Å². The van der Waals surface area contributed by atoms with Gasteiger partial charge in [-0.25, -0.2) is 5.01 Å². The zero-order chi connectivity index (χ0) is 10.8. The summed E-state index contributed by atoms with van der Waals surface area (Å²) in [6, 6.07) is 7.61. The summed E-state index contributed by atoms with van der Waals surface area (Å²) in [7, 11) is 1.86. The molecular weight excluding hydrogens is 190 g/mol. The third-order valence-electron chi connectivity index (χ3n) is 2.31. The first-order chi connectivity index (χ1) is 7.20. The molecule has 0 fully saturated rings. The van der Waals surface area contributed by atoms with E-state index in [9.17, 15) is 4.79 Å². The summed E-state index contributed by atoms with van der Waals surface area (Å²) in [6.45, 7) is 1.86. The van der Waals surface area contributed by atoms with Gasteiger partial charge in [0.15, 0.2) is 0 Å². The zero-order valence-corrected chi connectivity index (χ0v) is 8.82. The second kappa shape index (κ2) is 3.73. The van der Waals surface area contributed by atoms with Crippen LogP contribution in [-0.2, 0) is 4.79 Å². The minimum absolute atomic E-state index is 0.0321. The zero-order valence-electron chi connectivity index (χ0n) is 8.82. The van der Waals surface area contributed by atoms with E-state index in [0.717, 1.165) is 17.1 Å². The Morgan fingerprint density at radius 2 is 2.00 bits per heavy atom. The summed E-state index contributed by atoms with van der Waals surface area (Å²) in [5, 5.41) is 8.65. The molecule has 0 bridgehead atoms. The fourth-order valence-electron chi connectivity index (χ4n) is 1.53. The van der Waals surface area contributed by atoms with Crippen LogP contribution < -0.4 is 10.3 Å². The van der Waals surface area contributed by atoms with Gasteiger partial charge in [-0.05, 0) is 31.2 Å². The van der Waals surface area contributed by atoms with Crippen molar-refractivity contribution < 1.29 is 4.79 Å². The number of rotatable bonds is 2. The third-order valence-corrected chi connectivity index (χ3v) is 2.31. The van der Waals surface area contributed by atoms with Crippen molar-refractivity contribution in [2.75, 3.05) is 17.4 Å². The van der Waals surface area contributed by atoms with Gasteiger partial charge in [0.05, 0.1) is 12.1 Å². The molecule has 78 valence electrons. The summed E-state index contributed by atoms with van der Waals surface area (Å²) < 4.78 is 0. The third kappa shape index (κ3) is 1.83. The molecule has 1 heterocycles. The standard InChI is InChI=1S/C11H13N3O/c1-8-7-11(15)14(13-8)10-5-3-9(12-2)4-6-10/h3-6,12H,7H2,1-2H3. The second-order valence-corrected chi connectivity index (χ2v) is 3.51. The van der Waals surface area contributed by atoms with Gasteiger partial charge in [-0.1, -0.05) is 0 Å². The smallest absolute Gasteiger partial charge is 0.253 e. The summed E-state index contributed by atoms with van der Waals surface area (Å²) >= 11 is 0. The molecule has 0 atom stereocenters. The first-order valence-corrected chi connectivity index (χ1v) is 4.85. The highest BCUT2D eigenvalue weighted by Crippen LogP contribution is 2.22. The largest absolute Gasteiger partial charge is 0.388 e. The molecule has 1 N–H and O–H groups in total. The van der Waals surface area contributed by atoms with Gasteiger partial charge in [0.2, 0.25) is 0 Å². The molecule has 0 radical (unpaired) electrons. The molecule has 0 spiro atoms. The Morgan fingerprint density at radius 1 is 1.33 bits per heavy atom. The predicted molar refractivity (Wildman–Crippen MR) is 61.2 cm³/mol. The SMILES string of the molecule is CNc1ccc(N2N=C(C)CC2=O)cc1. The van der Waals surface area contributed by atoms with Crippen LogP contribution in [0.25, 0.3) is 0 Å². The number of carbonyl (C=O) groups excluding carboxylic acids is 1. The number of hydrazone groups is 1. The van der Waals surface area contributed by atoms with Gasteiger partial charge in [-0.2, -0.15) is 5.10 Å². The van der Waals surface area contributed by atoms with E-state index in [2.05, 4.69) is 10.4 Å². The highest BCUT2D eigenvalue weighted by atomic mass is 16.2. The highest BCUT2D eigenvalue weighted by molar-refractivity contribution is 6.12. The molecule has 1 aliphatic heterocycles. The normalized spacial score (nSPS) is 15.5. The summed E-state index contributed by atoms with van der Waals surface area (Å²) in [4.78, 5) is 11.5. The summed E-state index contributed by atoms with van der Waals surface area (Å²) in [5.41, 5.74) is 2.69. The van der Waals surface area contributed by atoms with Gasteiger partial charge in [-0.3, -0.25) is 4.79 Å². The number of hydrogen-bond acceptors (Lipinski definition) is 3. The number of nitrogens with zero attached hydrogens (tertiary/aromatic N) is 2.